The van der Waals surface area contributed by atoms with Gasteiger partial charge in [0.25, 0.3) is 0 Å². The number of nitrogens with two attached hydrogens (primary N) is 1. The van der Waals surface area contributed by atoms with Crippen molar-refractivity contribution in [1.82, 2.24) is 10.1 Å². The molecule has 0 atom stereocenters. The molecular weight excluding hydrogens is 305 g/mol. The molecule has 112 valence electrons. The molecule has 0 bridgehead atoms. The second kappa shape index (κ2) is 6.08. The van der Waals surface area contributed by atoms with Crippen LogP contribution in [-0.2, 0) is 12.6 Å². The normalized spacial score (nSPS) is 11.4. The average molecular weight is 316 g/mol. The Bertz CT molecular complexity index is 628. The first kappa shape index (κ1) is 15.2. The zero-order valence-corrected chi connectivity index (χ0v) is 11.5. The van der Waals surface area contributed by atoms with Crippen LogP contribution in [0, 0.1) is 0 Å². The first-order valence-corrected chi connectivity index (χ1v) is 6.29. The van der Waals surface area contributed by atoms with Crippen molar-refractivity contribution in [3.05, 3.63) is 41.5 Å². The number of alkyl halides is 3. The SMILES string of the molecule is NC(=S)c1cc(C(F)(F)F)ccc1NCCc1ncon1. The van der Waals surface area contributed by atoms with Gasteiger partial charge in [0.2, 0.25) is 6.39 Å². The molecule has 1 heterocycles. The summed E-state index contributed by atoms with van der Waals surface area (Å²) in [7, 11) is 0. The Hall–Kier alpha value is -2.16. The largest absolute Gasteiger partial charge is 0.416 e. The Balaban J connectivity index is 2.13. The maximum Gasteiger partial charge on any atom is 0.416 e. The summed E-state index contributed by atoms with van der Waals surface area (Å²) in [5, 5.41) is 6.58. The molecule has 2 rings (SSSR count). The monoisotopic (exact) mass is 316 g/mol. The minimum Gasteiger partial charge on any atom is -0.389 e. The van der Waals surface area contributed by atoms with Gasteiger partial charge >= 0.3 is 6.18 Å². The van der Waals surface area contributed by atoms with Crippen molar-refractivity contribution in [1.29, 1.82) is 0 Å². The third kappa shape index (κ3) is 3.91. The number of hydrogen-bond donors (Lipinski definition) is 2. The molecule has 1 aromatic carbocycles. The van der Waals surface area contributed by atoms with E-state index in [1.807, 2.05) is 0 Å². The Kier molecular flexibility index (Phi) is 4.41. The molecule has 2 aromatic rings. The molecule has 0 aliphatic carbocycles. The first-order valence-electron chi connectivity index (χ1n) is 5.88. The van der Waals surface area contributed by atoms with Crippen molar-refractivity contribution in [3.63, 3.8) is 0 Å². The second-order valence-corrected chi connectivity index (χ2v) is 4.59. The molecule has 5 nitrogen and oxygen atoms in total. The number of nitrogens with zero attached hydrogens (tertiary/aromatic N) is 2. The smallest absolute Gasteiger partial charge is 0.389 e. The molecule has 0 fully saturated rings. The summed E-state index contributed by atoms with van der Waals surface area (Å²) in [4.78, 5) is 3.73. The van der Waals surface area contributed by atoms with Crippen LogP contribution >= 0.6 is 12.2 Å². The number of benzene rings is 1. The molecular formula is C12H11F3N4OS. The highest BCUT2D eigenvalue weighted by Gasteiger charge is 2.31. The van der Waals surface area contributed by atoms with Crippen LogP contribution in [0.1, 0.15) is 17.0 Å². The maximum atomic E-state index is 12.7. The van der Waals surface area contributed by atoms with Gasteiger partial charge in [0.05, 0.1) is 5.56 Å². The lowest BCUT2D eigenvalue weighted by Crippen LogP contribution is -2.16. The molecule has 0 radical (unpaired) electrons. The van der Waals surface area contributed by atoms with Crippen molar-refractivity contribution in [2.75, 3.05) is 11.9 Å². The average Bonchev–Trinajstić information content (AvgIpc) is 2.90. The van der Waals surface area contributed by atoms with E-state index in [-0.39, 0.29) is 10.6 Å². The second-order valence-electron chi connectivity index (χ2n) is 4.15. The topological polar surface area (TPSA) is 77.0 Å². The minimum absolute atomic E-state index is 0.108. The van der Waals surface area contributed by atoms with E-state index in [0.29, 0.717) is 24.5 Å². The predicted octanol–water partition coefficient (Wildman–Crippen LogP) is 2.38. The summed E-state index contributed by atoms with van der Waals surface area (Å²) in [6.45, 7) is 0.403. The highest BCUT2D eigenvalue weighted by Crippen LogP contribution is 2.31. The van der Waals surface area contributed by atoms with Gasteiger partial charge in [-0.15, -0.1) is 0 Å². The van der Waals surface area contributed by atoms with Gasteiger partial charge < -0.3 is 15.6 Å². The number of thiocarbonyl (C=S) groups is 1. The lowest BCUT2D eigenvalue weighted by molar-refractivity contribution is -0.137. The molecule has 9 heteroatoms. The van der Waals surface area contributed by atoms with Gasteiger partial charge in [-0.1, -0.05) is 17.4 Å². The highest BCUT2D eigenvalue weighted by molar-refractivity contribution is 7.80. The molecule has 0 spiro atoms. The molecule has 0 saturated heterocycles. The van der Waals surface area contributed by atoms with Crippen LogP contribution < -0.4 is 11.1 Å². The molecule has 0 aliphatic rings. The summed E-state index contributed by atoms with van der Waals surface area (Å²) >= 11 is 4.79. The fourth-order valence-corrected chi connectivity index (χ4v) is 1.86. The summed E-state index contributed by atoms with van der Waals surface area (Å²) < 4.78 is 42.6. The zero-order valence-electron chi connectivity index (χ0n) is 10.6. The van der Waals surface area contributed by atoms with Gasteiger partial charge in [0.1, 0.15) is 4.99 Å². The Morgan fingerprint density at radius 1 is 1.38 bits per heavy atom. The molecule has 0 unspecified atom stereocenters. The van der Waals surface area contributed by atoms with E-state index in [2.05, 4.69) is 20.0 Å². The standard InChI is InChI=1S/C12H11F3N4OS/c13-12(14,15)7-1-2-9(8(5-7)11(16)21)17-4-3-10-18-6-20-19-10/h1-2,5-6,17H,3-4H2,(H2,16,21). The third-order valence-corrected chi connectivity index (χ3v) is 2.90. The summed E-state index contributed by atoms with van der Waals surface area (Å²) in [6.07, 6.45) is -2.79. The Labute approximate surface area is 123 Å². The van der Waals surface area contributed by atoms with E-state index in [9.17, 15) is 13.2 Å². The number of aromatic nitrogens is 2. The highest BCUT2D eigenvalue weighted by atomic mass is 32.1. The minimum atomic E-state index is -4.44. The van der Waals surface area contributed by atoms with Crippen molar-refractivity contribution in [2.45, 2.75) is 12.6 Å². The zero-order chi connectivity index (χ0) is 15.5. The van der Waals surface area contributed by atoms with E-state index in [4.69, 9.17) is 18.0 Å². The van der Waals surface area contributed by atoms with Gasteiger partial charge in [-0.3, -0.25) is 0 Å². The van der Waals surface area contributed by atoms with Crippen LogP contribution in [0.5, 0.6) is 0 Å². The summed E-state index contributed by atoms with van der Waals surface area (Å²) in [5.41, 5.74) is 5.26. The van der Waals surface area contributed by atoms with Crippen molar-refractivity contribution in [3.8, 4) is 0 Å². The quantitative estimate of drug-likeness (QED) is 0.825. The van der Waals surface area contributed by atoms with E-state index < -0.39 is 11.7 Å². The first-order chi connectivity index (χ1) is 9.88. The van der Waals surface area contributed by atoms with Gasteiger partial charge in [0.15, 0.2) is 5.82 Å². The molecule has 0 amide bonds. The number of hydrogen-bond acceptors (Lipinski definition) is 5. The molecule has 0 saturated carbocycles. The van der Waals surface area contributed by atoms with Crippen LogP contribution in [0.2, 0.25) is 0 Å². The number of nitrogens with one attached hydrogen (secondary N) is 1. The number of halogens is 3. The Morgan fingerprint density at radius 2 is 2.14 bits per heavy atom. The molecule has 1 aromatic heterocycles. The summed E-state index contributed by atoms with van der Waals surface area (Å²) in [6, 6.07) is 3.20. The lowest BCUT2D eigenvalue weighted by Gasteiger charge is -2.14. The third-order valence-electron chi connectivity index (χ3n) is 2.68. The van der Waals surface area contributed by atoms with E-state index in [0.717, 1.165) is 12.1 Å². The van der Waals surface area contributed by atoms with E-state index in [1.165, 1.54) is 12.5 Å². The van der Waals surface area contributed by atoms with Crippen LogP contribution in [-0.4, -0.2) is 21.7 Å². The molecule has 0 aliphatic heterocycles. The van der Waals surface area contributed by atoms with Gasteiger partial charge in [0, 0.05) is 24.2 Å². The molecule has 21 heavy (non-hydrogen) atoms. The van der Waals surface area contributed by atoms with Crippen LogP contribution in [0.15, 0.2) is 29.1 Å². The van der Waals surface area contributed by atoms with Gasteiger partial charge in [-0.05, 0) is 18.2 Å². The summed E-state index contributed by atoms with van der Waals surface area (Å²) in [5.74, 6) is 0.492. The van der Waals surface area contributed by atoms with Gasteiger partial charge in [-0.25, -0.2) is 0 Å². The van der Waals surface area contributed by atoms with E-state index in [1.54, 1.807) is 0 Å². The Morgan fingerprint density at radius 3 is 2.71 bits per heavy atom. The van der Waals surface area contributed by atoms with Crippen LogP contribution in [0.4, 0.5) is 18.9 Å². The number of rotatable bonds is 5. The van der Waals surface area contributed by atoms with Crippen molar-refractivity contribution in [2.24, 2.45) is 5.73 Å². The fourth-order valence-electron chi connectivity index (χ4n) is 1.69. The lowest BCUT2D eigenvalue weighted by atomic mass is 10.1. The molecule has 3 N–H and O–H groups in total. The van der Waals surface area contributed by atoms with Crippen molar-refractivity contribution < 1.29 is 17.7 Å². The predicted molar refractivity (Wildman–Crippen MR) is 73.8 cm³/mol. The van der Waals surface area contributed by atoms with Crippen molar-refractivity contribution >= 4 is 22.9 Å². The van der Waals surface area contributed by atoms with Crippen LogP contribution in [0.3, 0.4) is 0 Å². The van der Waals surface area contributed by atoms with Gasteiger partial charge in [-0.2, -0.15) is 18.2 Å². The maximum absolute atomic E-state index is 12.7. The number of anilines is 1. The van der Waals surface area contributed by atoms with E-state index >= 15 is 0 Å². The fraction of sp³-hybridized carbons (Fsp3) is 0.250. The van der Waals surface area contributed by atoms with Crippen LogP contribution in [0.25, 0.3) is 0 Å².